The standard InChI is InChI=1S/C7H16N4O2/c1-13-6(12)5(8)3-2-4-11-7(9)10/h5H,2-4,8H2,1H3,(H4,9,10,11)/p+2. The van der Waals surface area contributed by atoms with Gasteiger partial charge in [-0.15, -0.1) is 0 Å². The summed E-state index contributed by atoms with van der Waals surface area (Å²) in [5.74, 6) is -0.0941. The predicted molar refractivity (Wildman–Crippen MR) is 47.1 cm³/mol. The van der Waals surface area contributed by atoms with Gasteiger partial charge in [0.05, 0.1) is 13.7 Å². The summed E-state index contributed by atoms with van der Waals surface area (Å²) < 4.78 is 4.51. The van der Waals surface area contributed by atoms with Crippen LogP contribution in [0.2, 0.25) is 0 Å². The highest BCUT2D eigenvalue weighted by molar-refractivity contribution is 5.73. The molecular weight excluding hydrogens is 172 g/mol. The largest absolute Gasteiger partial charge is 0.465 e. The monoisotopic (exact) mass is 190 g/mol. The third kappa shape index (κ3) is 5.92. The smallest absolute Gasteiger partial charge is 0.364 e. The van der Waals surface area contributed by atoms with Crippen molar-refractivity contribution in [3.63, 3.8) is 0 Å². The van der Waals surface area contributed by atoms with Crippen LogP contribution in [0.5, 0.6) is 0 Å². The molecule has 0 saturated heterocycles. The number of guanidine groups is 1. The zero-order valence-corrected chi connectivity index (χ0v) is 7.88. The number of nitrogens with one attached hydrogen (secondary N) is 1. The van der Waals surface area contributed by atoms with Gasteiger partial charge in [0.25, 0.3) is 0 Å². The zero-order valence-electron chi connectivity index (χ0n) is 7.88. The number of hydrogen-bond acceptors (Lipinski definition) is 2. The fourth-order valence-electron chi connectivity index (χ4n) is 0.866. The number of carbonyl (C=O) groups excluding carboxylic acids is 1. The van der Waals surface area contributed by atoms with E-state index in [0.717, 1.165) is 6.42 Å². The van der Waals surface area contributed by atoms with E-state index in [4.69, 9.17) is 11.5 Å². The lowest BCUT2D eigenvalue weighted by Crippen LogP contribution is -2.78. The van der Waals surface area contributed by atoms with Crippen molar-refractivity contribution in [1.82, 2.24) is 0 Å². The van der Waals surface area contributed by atoms with Gasteiger partial charge in [-0.25, -0.2) is 4.79 Å². The highest BCUT2D eigenvalue weighted by atomic mass is 16.5. The van der Waals surface area contributed by atoms with E-state index in [1.165, 1.54) is 7.11 Å². The summed E-state index contributed by atoms with van der Waals surface area (Å²) in [6, 6.07) is -0.314. The molecule has 0 aliphatic heterocycles. The summed E-state index contributed by atoms with van der Waals surface area (Å²) in [7, 11) is 1.35. The summed E-state index contributed by atoms with van der Waals surface area (Å²) in [5, 5.41) is 0. The van der Waals surface area contributed by atoms with Crippen molar-refractivity contribution in [2.75, 3.05) is 13.7 Å². The Morgan fingerprint density at radius 2 is 2.23 bits per heavy atom. The van der Waals surface area contributed by atoms with Crippen LogP contribution in [0.1, 0.15) is 12.8 Å². The normalized spacial score (nSPS) is 11.8. The van der Waals surface area contributed by atoms with Crippen LogP contribution in [-0.2, 0) is 9.53 Å². The number of hydrogen-bond donors (Lipinski definition) is 4. The summed E-state index contributed by atoms with van der Waals surface area (Å²) in [5.41, 5.74) is 14.0. The molecule has 0 heterocycles. The molecule has 8 N–H and O–H groups in total. The third-order valence-corrected chi connectivity index (χ3v) is 1.59. The molecule has 0 aromatic heterocycles. The Morgan fingerprint density at radius 1 is 1.62 bits per heavy atom. The molecule has 0 rings (SSSR count). The molecule has 0 fully saturated rings. The Balaban J connectivity index is 3.53. The molecule has 0 spiro atoms. The molecule has 1 unspecified atom stereocenters. The molecule has 0 aliphatic carbocycles. The van der Waals surface area contributed by atoms with Gasteiger partial charge >= 0.3 is 11.9 Å². The van der Waals surface area contributed by atoms with Crippen molar-refractivity contribution in [3.05, 3.63) is 0 Å². The minimum atomic E-state index is -0.314. The summed E-state index contributed by atoms with van der Waals surface area (Å²) >= 11 is 0. The van der Waals surface area contributed by atoms with E-state index < -0.39 is 0 Å². The summed E-state index contributed by atoms with van der Waals surface area (Å²) in [4.78, 5) is 13.6. The minimum Gasteiger partial charge on any atom is -0.465 e. The third-order valence-electron chi connectivity index (χ3n) is 1.59. The molecule has 13 heavy (non-hydrogen) atoms. The van der Waals surface area contributed by atoms with Crippen LogP contribution in [0.3, 0.4) is 0 Å². The van der Waals surface area contributed by atoms with Gasteiger partial charge in [0.1, 0.15) is 0 Å². The Bertz CT molecular complexity index is 189. The summed E-state index contributed by atoms with van der Waals surface area (Å²) in [6.45, 7) is 0.644. The van der Waals surface area contributed by atoms with E-state index >= 15 is 0 Å². The number of carbonyl (C=O) groups is 1. The number of ether oxygens (including phenoxy) is 1. The first-order valence-electron chi connectivity index (χ1n) is 4.10. The Labute approximate surface area is 77.1 Å². The maximum Gasteiger partial charge on any atom is 0.364 e. The fourth-order valence-corrected chi connectivity index (χ4v) is 0.866. The van der Waals surface area contributed by atoms with Crippen molar-refractivity contribution in [1.29, 1.82) is 0 Å². The van der Waals surface area contributed by atoms with E-state index in [1.807, 2.05) is 0 Å². The molecule has 6 nitrogen and oxygen atoms in total. The van der Waals surface area contributed by atoms with E-state index in [1.54, 1.807) is 0 Å². The van der Waals surface area contributed by atoms with Gasteiger partial charge in [-0.2, -0.15) is 0 Å². The lowest BCUT2D eigenvalue weighted by atomic mass is 10.2. The second-order valence-corrected chi connectivity index (χ2v) is 2.74. The molecular formula is C7H18N4O2+2. The Kier molecular flexibility index (Phi) is 5.62. The maximum absolute atomic E-state index is 10.9. The van der Waals surface area contributed by atoms with E-state index in [0.29, 0.717) is 13.0 Å². The quantitative estimate of drug-likeness (QED) is 0.152. The second-order valence-electron chi connectivity index (χ2n) is 2.74. The lowest BCUT2D eigenvalue weighted by molar-refractivity contribution is -0.463. The minimum absolute atomic E-state index is 0.193. The van der Waals surface area contributed by atoms with Gasteiger partial charge in [0, 0.05) is 6.42 Å². The van der Waals surface area contributed by atoms with E-state index in [-0.39, 0.29) is 18.0 Å². The van der Waals surface area contributed by atoms with Gasteiger partial charge in [-0.05, 0) is 6.42 Å². The topological polar surface area (TPSA) is 120 Å². The number of esters is 1. The molecule has 76 valence electrons. The zero-order chi connectivity index (χ0) is 10.3. The average molecular weight is 190 g/mol. The lowest BCUT2D eigenvalue weighted by Gasteiger charge is -2.03. The SMILES string of the molecule is COC(=O)C([NH3+])CCC[NH+]=C(N)N. The van der Waals surface area contributed by atoms with Crippen LogP contribution < -0.4 is 22.2 Å². The van der Waals surface area contributed by atoms with E-state index in [9.17, 15) is 4.79 Å². The number of quaternary nitrogens is 1. The molecule has 0 aromatic carbocycles. The Hall–Kier alpha value is -1.30. The molecule has 0 saturated carbocycles. The van der Waals surface area contributed by atoms with Crippen LogP contribution in [0, 0.1) is 0 Å². The average Bonchev–Trinajstić information content (AvgIpc) is 2.10. The van der Waals surface area contributed by atoms with Gasteiger partial charge < -0.3 is 10.5 Å². The van der Waals surface area contributed by atoms with Crippen molar-refractivity contribution in [2.45, 2.75) is 18.9 Å². The van der Waals surface area contributed by atoms with Gasteiger partial charge in [-0.3, -0.25) is 16.5 Å². The molecule has 0 bridgehead atoms. The van der Waals surface area contributed by atoms with Gasteiger partial charge in [0.15, 0.2) is 6.04 Å². The van der Waals surface area contributed by atoms with Crippen LogP contribution >= 0.6 is 0 Å². The first-order valence-corrected chi connectivity index (χ1v) is 4.10. The van der Waals surface area contributed by atoms with Gasteiger partial charge in [0.2, 0.25) is 0 Å². The van der Waals surface area contributed by atoms with Crippen molar-refractivity contribution in [3.8, 4) is 0 Å². The van der Waals surface area contributed by atoms with E-state index in [2.05, 4.69) is 15.5 Å². The highest BCUT2D eigenvalue weighted by Crippen LogP contribution is 1.91. The summed E-state index contributed by atoms with van der Waals surface area (Å²) in [6.07, 6.45) is 1.44. The molecule has 0 amide bonds. The highest BCUT2D eigenvalue weighted by Gasteiger charge is 2.16. The number of methoxy groups -OCH3 is 1. The van der Waals surface area contributed by atoms with Crippen LogP contribution in [0.25, 0.3) is 0 Å². The Morgan fingerprint density at radius 3 is 2.69 bits per heavy atom. The molecule has 0 radical (unpaired) electrons. The molecule has 0 aliphatic rings. The van der Waals surface area contributed by atoms with Gasteiger partial charge in [-0.1, -0.05) is 0 Å². The van der Waals surface area contributed by atoms with Crippen LogP contribution in [0.15, 0.2) is 0 Å². The van der Waals surface area contributed by atoms with Crippen molar-refractivity contribution >= 4 is 11.9 Å². The molecule has 1 atom stereocenters. The predicted octanol–water partition coefficient (Wildman–Crippen LogP) is -4.10. The van der Waals surface area contributed by atoms with Crippen molar-refractivity contribution in [2.24, 2.45) is 11.5 Å². The fraction of sp³-hybridized carbons (Fsp3) is 0.714. The second kappa shape index (κ2) is 6.24. The first kappa shape index (κ1) is 11.7. The maximum atomic E-state index is 10.9. The molecule has 6 heteroatoms. The van der Waals surface area contributed by atoms with Crippen molar-refractivity contribution < 1.29 is 20.3 Å². The van der Waals surface area contributed by atoms with Crippen LogP contribution in [-0.4, -0.2) is 31.6 Å². The number of rotatable bonds is 5. The molecule has 0 aromatic rings. The number of nitrogens with two attached hydrogens (primary N) is 2. The first-order chi connectivity index (χ1) is 6.07. The van der Waals surface area contributed by atoms with Crippen LogP contribution in [0.4, 0.5) is 0 Å².